The van der Waals surface area contributed by atoms with Crippen LogP contribution in [0.1, 0.15) is 47.7 Å². The third kappa shape index (κ3) is 4.49. The van der Waals surface area contributed by atoms with Crippen molar-refractivity contribution < 1.29 is 22.7 Å². The summed E-state index contributed by atoms with van der Waals surface area (Å²) >= 11 is 0. The van der Waals surface area contributed by atoms with Gasteiger partial charge >= 0.3 is 0 Å². The Morgan fingerprint density at radius 3 is 2.47 bits per heavy atom. The van der Waals surface area contributed by atoms with Gasteiger partial charge in [0.25, 0.3) is 11.8 Å². The Hall–Kier alpha value is -2.91. The lowest BCUT2D eigenvalue weighted by atomic mass is 10.1. The van der Waals surface area contributed by atoms with Crippen LogP contribution in [0.2, 0.25) is 0 Å². The van der Waals surface area contributed by atoms with E-state index in [1.165, 1.54) is 33.6 Å². The van der Waals surface area contributed by atoms with Crippen molar-refractivity contribution >= 4 is 27.5 Å². The predicted octanol–water partition coefficient (Wildman–Crippen LogP) is 2.46. The quantitative estimate of drug-likeness (QED) is 0.662. The minimum absolute atomic E-state index is 0.0178. The minimum atomic E-state index is -3.71. The van der Waals surface area contributed by atoms with E-state index in [0.29, 0.717) is 18.8 Å². The fraction of sp³-hybridized carbons (Fsp3) is 0.391. The number of hydrogen-bond donors (Lipinski definition) is 2. The fourth-order valence-electron chi connectivity index (χ4n) is 4.18. The van der Waals surface area contributed by atoms with Gasteiger partial charge in [0, 0.05) is 18.8 Å². The van der Waals surface area contributed by atoms with Crippen molar-refractivity contribution in [2.45, 2.75) is 50.0 Å². The molecule has 1 saturated heterocycles. The van der Waals surface area contributed by atoms with Gasteiger partial charge in [0.2, 0.25) is 10.0 Å². The lowest BCUT2D eigenvalue weighted by Gasteiger charge is -2.19. The van der Waals surface area contributed by atoms with Crippen molar-refractivity contribution in [3.63, 3.8) is 0 Å². The zero-order valence-corrected chi connectivity index (χ0v) is 18.8. The van der Waals surface area contributed by atoms with Gasteiger partial charge in [-0.1, -0.05) is 6.07 Å². The maximum absolute atomic E-state index is 12.8. The number of carbonyl (C=O) groups is 2. The zero-order valence-electron chi connectivity index (χ0n) is 18.0. The van der Waals surface area contributed by atoms with Gasteiger partial charge in [0.15, 0.2) is 6.10 Å². The molecule has 3 N–H and O–H groups in total. The standard InChI is InChI=1S/C23H27N3O5S/c1-15(23(28)25-18-8-7-16-5-4-6-17(16)13-18)31-21-10-9-19(14-20(21)22(24)27)32(29,30)26-11-2-3-12-26/h7-10,13-15H,2-6,11-12H2,1H3,(H2,24,27)(H,25,28). The first-order chi connectivity index (χ1) is 15.3. The number of rotatable bonds is 7. The summed E-state index contributed by atoms with van der Waals surface area (Å²) in [6.07, 6.45) is 3.86. The SMILES string of the molecule is CC(Oc1ccc(S(=O)(=O)N2CCCC2)cc1C(N)=O)C(=O)Nc1ccc2c(c1)CCC2. The second kappa shape index (κ2) is 8.91. The number of primary amides is 1. The van der Waals surface area contributed by atoms with Gasteiger partial charge in [-0.25, -0.2) is 8.42 Å². The molecule has 170 valence electrons. The molecule has 9 heteroatoms. The second-order valence-electron chi connectivity index (χ2n) is 8.22. The first-order valence-electron chi connectivity index (χ1n) is 10.8. The Labute approximate surface area is 187 Å². The van der Waals surface area contributed by atoms with E-state index >= 15 is 0 Å². The molecule has 1 aliphatic carbocycles. The van der Waals surface area contributed by atoms with E-state index in [4.69, 9.17) is 10.5 Å². The topological polar surface area (TPSA) is 119 Å². The van der Waals surface area contributed by atoms with Gasteiger partial charge in [-0.05, 0) is 80.5 Å². The highest BCUT2D eigenvalue weighted by molar-refractivity contribution is 7.89. The molecular weight excluding hydrogens is 430 g/mol. The predicted molar refractivity (Wildman–Crippen MR) is 120 cm³/mol. The summed E-state index contributed by atoms with van der Waals surface area (Å²) in [6, 6.07) is 9.83. The number of aryl methyl sites for hydroxylation is 2. The molecule has 2 aliphatic rings. The zero-order chi connectivity index (χ0) is 22.9. The van der Waals surface area contributed by atoms with Crippen LogP contribution in [0, 0.1) is 0 Å². The van der Waals surface area contributed by atoms with Crippen LogP contribution in [0.25, 0.3) is 0 Å². The van der Waals surface area contributed by atoms with Crippen molar-refractivity contribution in [2.24, 2.45) is 5.73 Å². The summed E-state index contributed by atoms with van der Waals surface area (Å²) in [7, 11) is -3.71. The number of ether oxygens (including phenoxy) is 1. The highest BCUT2D eigenvalue weighted by Crippen LogP contribution is 2.28. The number of nitrogens with two attached hydrogens (primary N) is 1. The summed E-state index contributed by atoms with van der Waals surface area (Å²) in [5.41, 5.74) is 8.63. The van der Waals surface area contributed by atoms with E-state index < -0.39 is 22.0 Å². The highest BCUT2D eigenvalue weighted by atomic mass is 32.2. The number of anilines is 1. The van der Waals surface area contributed by atoms with Crippen molar-refractivity contribution in [3.8, 4) is 5.75 Å². The van der Waals surface area contributed by atoms with Crippen LogP contribution >= 0.6 is 0 Å². The summed E-state index contributed by atoms with van der Waals surface area (Å²) in [6.45, 7) is 2.46. The number of hydrogen-bond acceptors (Lipinski definition) is 5. The number of amides is 2. The Kier molecular flexibility index (Phi) is 6.21. The maximum atomic E-state index is 12.8. The van der Waals surface area contributed by atoms with Crippen molar-refractivity contribution in [2.75, 3.05) is 18.4 Å². The first-order valence-corrected chi connectivity index (χ1v) is 12.2. The van der Waals surface area contributed by atoms with E-state index in [9.17, 15) is 18.0 Å². The lowest BCUT2D eigenvalue weighted by Crippen LogP contribution is -2.31. The van der Waals surface area contributed by atoms with Crippen LogP contribution in [0.15, 0.2) is 41.3 Å². The highest BCUT2D eigenvalue weighted by Gasteiger charge is 2.29. The van der Waals surface area contributed by atoms with Crippen molar-refractivity contribution in [1.29, 1.82) is 0 Å². The molecule has 0 saturated carbocycles. The average Bonchev–Trinajstić information content (AvgIpc) is 3.45. The Balaban J connectivity index is 1.50. The smallest absolute Gasteiger partial charge is 0.265 e. The van der Waals surface area contributed by atoms with Gasteiger partial charge < -0.3 is 15.8 Å². The third-order valence-electron chi connectivity index (χ3n) is 5.96. The third-order valence-corrected chi connectivity index (χ3v) is 7.85. The molecule has 1 atom stereocenters. The van der Waals surface area contributed by atoms with Gasteiger partial charge in [-0.3, -0.25) is 9.59 Å². The van der Waals surface area contributed by atoms with Crippen LogP contribution in [0.4, 0.5) is 5.69 Å². The Morgan fingerprint density at radius 1 is 1.03 bits per heavy atom. The minimum Gasteiger partial charge on any atom is -0.480 e. The molecule has 0 spiro atoms. The van der Waals surface area contributed by atoms with Gasteiger partial charge in [-0.15, -0.1) is 0 Å². The molecule has 8 nitrogen and oxygen atoms in total. The summed E-state index contributed by atoms with van der Waals surface area (Å²) in [4.78, 5) is 24.6. The molecular formula is C23H27N3O5S. The molecule has 2 amide bonds. The second-order valence-corrected chi connectivity index (χ2v) is 10.2. The largest absolute Gasteiger partial charge is 0.480 e. The maximum Gasteiger partial charge on any atom is 0.265 e. The number of fused-ring (bicyclic) bond motifs is 1. The van der Waals surface area contributed by atoms with E-state index in [0.717, 1.165) is 32.1 Å². The summed E-state index contributed by atoms with van der Waals surface area (Å²) in [5.74, 6) is -1.15. The lowest BCUT2D eigenvalue weighted by molar-refractivity contribution is -0.122. The fourth-order valence-corrected chi connectivity index (χ4v) is 5.72. The van der Waals surface area contributed by atoms with E-state index in [-0.39, 0.29) is 22.1 Å². The molecule has 32 heavy (non-hydrogen) atoms. The van der Waals surface area contributed by atoms with Gasteiger partial charge in [0.1, 0.15) is 5.75 Å². The molecule has 1 unspecified atom stereocenters. The Bertz CT molecular complexity index is 1160. The molecule has 1 aliphatic heterocycles. The molecule has 1 fully saturated rings. The van der Waals surface area contributed by atoms with E-state index in [2.05, 4.69) is 5.32 Å². The number of sulfonamides is 1. The number of benzene rings is 2. The van der Waals surface area contributed by atoms with Gasteiger partial charge in [0.05, 0.1) is 10.5 Å². The van der Waals surface area contributed by atoms with E-state index in [1.54, 1.807) is 6.92 Å². The number of nitrogens with zero attached hydrogens (tertiary/aromatic N) is 1. The van der Waals surface area contributed by atoms with Crippen molar-refractivity contribution in [1.82, 2.24) is 4.31 Å². The molecule has 1 heterocycles. The summed E-state index contributed by atoms with van der Waals surface area (Å²) < 4.78 is 32.7. The molecule has 0 radical (unpaired) electrons. The van der Waals surface area contributed by atoms with Crippen LogP contribution in [0.3, 0.4) is 0 Å². The molecule has 4 rings (SSSR count). The molecule has 0 bridgehead atoms. The average molecular weight is 458 g/mol. The van der Waals surface area contributed by atoms with Crippen LogP contribution in [0.5, 0.6) is 5.75 Å². The number of nitrogens with one attached hydrogen (secondary N) is 1. The molecule has 2 aromatic carbocycles. The van der Waals surface area contributed by atoms with Gasteiger partial charge in [-0.2, -0.15) is 4.31 Å². The van der Waals surface area contributed by atoms with Crippen LogP contribution < -0.4 is 15.8 Å². The van der Waals surface area contributed by atoms with Crippen LogP contribution in [-0.2, 0) is 27.7 Å². The van der Waals surface area contributed by atoms with Crippen molar-refractivity contribution in [3.05, 3.63) is 53.1 Å². The Morgan fingerprint density at radius 2 is 1.75 bits per heavy atom. The normalized spacial score (nSPS) is 17.0. The monoisotopic (exact) mass is 457 g/mol. The number of carbonyl (C=O) groups excluding carboxylic acids is 2. The van der Waals surface area contributed by atoms with E-state index in [1.807, 2.05) is 18.2 Å². The molecule has 0 aromatic heterocycles. The summed E-state index contributed by atoms with van der Waals surface area (Å²) in [5, 5.41) is 2.83. The molecule has 2 aromatic rings. The van der Waals surface area contributed by atoms with Crippen LogP contribution in [-0.4, -0.2) is 43.7 Å². The first kappa shape index (κ1) is 22.3.